The summed E-state index contributed by atoms with van der Waals surface area (Å²) in [6.45, 7) is 12.1. The minimum absolute atomic E-state index is 0.449. The molecule has 1 saturated heterocycles. The minimum atomic E-state index is 0.449. The van der Waals surface area contributed by atoms with Crippen LogP contribution < -0.4 is 5.32 Å². The number of rotatable bonds is 5. The molecule has 2 atom stereocenters. The Morgan fingerprint density at radius 1 is 1.05 bits per heavy atom. The van der Waals surface area contributed by atoms with Crippen molar-refractivity contribution in [2.24, 2.45) is 5.92 Å². The maximum absolute atomic E-state index is 3.99. The summed E-state index contributed by atoms with van der Waals surface area (Å²) in [5.74, 6) is 0.809. The van der Waals surface area contributed by atoms with Gasteiger partial charge in [0.1, 0.15) is 0 Å². The fourth-order valence-corrected chi connectivity index (χ4v) is 4.48. The molecule has 0 aromatic heterocycles. The van der Waals surface area contributed by atoms with E-state index in [0.717, 1.165) is 18.0 Å². The molecule has 20 heavy (non-hydrogen) atoms. The highest BCUT2D eigenvalue weighted by Crippen LogP contribution is 2.35. The van der Waals surface area contributed by atoms with E-state index in [-0.39, 0.29) is 0 Å². The van der Waals surface area contributed by atoms with E-state index < -0.39 is 0 Å². The lowest BCUT2D eigenvalue weighted by atomic mass is 9.77. The van der Waals surface area contributed by atoms with E-state index in [0.29, 0.717) is 5.54 Å². The lowest BCUT2D eigenvalue weighted by molar-refractivity contribution is 0.000000671. The van der Waals surface area contributed by atoms with Crippen LogP contribution in [0.5, 0.6) is 0 Å². The Morgan fingerprint density at radius 2 is 1.70 bits per heavy atom. The molecule has 2 fully saturated rings. The number of piperazine rings is 1. The molecule has 0 bridgehead atoms. The summed E-state index contributed by atoms with van der Waals surface area (Å²) in [6, 6.07) is 1.53. The van der Waals surface area contributed by atoms with Crippen molar-refractivity contribution in [3.05, 3.63) is 0 Å². The molecule has 2 unspecified atom stereocenters. The number of hydrogen-bond acceptors (Lipinski definition) is 2. The molecule has 1 heterocycles. The molecular weight excluding hydrogens is 244 g/mol. The van der Waals surface area contributed by atoms with Crippen molar-refractivity contribution in [3.63, 3.8) is 0 Å². The first-order valence-corrected chi connectivity index (χ1v) is 9.16. The Morgan fingerprint density at radius 3 is 2.25 bits per heavy atom. The monoisotopic (exact) mass is 280 g/mol. The third kappa shape index (κ3) is 3.39. The van der Waals surface area contributed by atoms with Gasteiger partial charge in [0.05, 0.1) is 0 Å². The van der Waals surface area contributed by atoms with Crippen molar-refractivity contribution < 1.29 is 0 Å². The van der Waals surface area contributed by atoms with Gasteiger partial charge in [0, 0.05) is 30.7 Å². The van der Waals surface area contributed by atoms with E-state index in [1.807, 2.05) is 0 Å². The van der Waals surface area contributed by atoms with Crippen LogP contribution in [0.2, 0.25) is 0 Å². The van der Waals surface area contributed by atoms with Gasteiger partial charge in [-0.05, 0) is 31.6 Å². The highest BCUT2D eigenvalue weighted by atomic mass is 15.3. The highest BCUT2D eigenvalue weighted by molar-refractivity contribution is 5.01. The summed E-state index contributed by atoms with van der Waals surface area (Å²) in [7, 11) is 0. The largest absolute Gasteiger partial charge is 0.308 e. The summed E-state index contributed by atoms with van der Waals surface area (Å²) in [4.78, 5) is 2.90. The van der Waals surface area contributed by atoms with Crippen LogP contribution in [0, 0.1) is 5.92 Å². The summed E-state index contributed by atoms with van der Waals surface area (Å²) in [5, 5.41) is 3.99. The van der Waals surface area contributed by atoms with Crippen LogP contribution in [0.1, 0.15) is 79.1 Å². The minimum Gasteiger partial charge on any atom is -0.308 e. The van der Waals surface area contributed by atoms with Crippen LogP contribution in [-0.4, -0.2) is 35.6 Å². The summed E-state index contributed by atoms with van der Waals surface area (Å²) in [5.41, 5.74) is 0.449. The van der Waals surface area contributed by atoms with Gasteiger partial charge in [0.15, 0.2) is 0 Å². The van der Waals surface area contributed by atoms with Crippen molar-refractivity contribution >= 4 is 0 Å². The SMILES string of the molecule is CCC(C)C1CNC2(CCCCC2)CN1C(CC)CC. The first-order chi connectivity index (χ1) is 9.65. The molecule has 1 spiro atoms. The van der Waals surface area contributed by atoms with Crippen LogP contribution in [0.4, 0.5) is 0 Å². The van der Waals surface area contributed by atoms with E-state index in [9.17, 15) is 0 Å². The van der Waals surface area contributed by atoms with Crippen molar-refractivity contribution in [1.82, 2.24) is 10.2 Å². The molecule has 1 aliphatic heterocycles. The van der Waals surface area contributed by atoms with Gasteiger partial charge in [-0.1, -0.05) is 53.4 Å². The predicted octanol–water partition coefficient (Wildman–Crippen LogP) is 4.20. The van der Waals surface area contributed by atoms with Crippen molar-refractivity contribution in [1.29, 1.82) is 0 Å². The lowest BCUT2D eigenvalue weighted by Crippen LogP contribution is -2.67. The van der Waals surface area contributed by atoms with Gasteiger partial charge < -0.3 is 5.32 Å². The average Bonchev–Trinajstić information content (AvgIpc) is 2.49. The third-order valence-corrected chi connectivity index (χ3v) is 6.12. The Hall–Kier alpha value is -0.0800. The molecule has 0 aromatic carbocycles. The smallest absolute Gasteiger partial charge is 0.0309 e. The molecule has 2 nitrogen and oxygen atoms in total. The third-order valence-electron chi connectivity index (χ3n) is 6.12. The van der Waals surface area contributed by atoms with Gasteiger partial charge in [-0.2, -0.15) is 0 Å². The molecule has 0 amide bonds. The van der Waals surface area contributed by atoms with Gasteiger partial charge in [-0.25, -0.2) is 0 Å². The van der Waals surface area contributed by atoms with Gasteiger partial charge in [0.2, 0.25) is 0 Å². The van der Waals surface area contributed by atoms with Crippen molar-refractivity contribution in [2.45, 2.75) is 96.7 Å². The molecule has 2 rings (SSSR count). The number of nitrogens with zero attached hydrogens (tertiary/aromatic N) is 1. The van der Waals surface area contributed by atoms with Gasteiger partial charge >= 0.3 is 0 Å². The van der Waals surface area contributed by atoms with Gasteiger partial charge in [0.25, 0.3) is 0 Å². The fraction of sp³-hybridized carbons (Fsp3) is 1.00. The maximum Gasteiger partial charge on any atom is 0.0309 e. The second-order valence-electron chi connectivity index (χ2n) is 7.32. The number of nitrogens with one attached hydrogen (secondary N) is 1. The first kappa shape index (κ1) is 16.3. The molecule has 1 saturated carbocycles. The zero-order valence-corrected chi connectivity index (χ0v) is 14.3. The molecule has 1 aliphatic carbocycles. The second-order valence-corrected chi connectivity index (χ2v) is 7.32. The van der Waals surface area contributed by atoms with Crippen LogP contribution in [0.15, 0.2) is 0 Å². The zero-order valence-electron chi connectivity index (χ0n) is 14.3. The normalized spacial score (nSPS) is 28.9. The second kappa shape index (κ2) is 7.26. The van der Waals surface area contributed by atoms with E-state index in [4.69, 9.17) is 0 Å². The van der Waals surface area contributed by atoms with Crippen LogP contribution >= 0.6 is 0 Å². The van der Waals surface area contributed by atoms with Crippen molar-refractivity contribution in [3.8, 4) is 0 Å². The van der Waals surface area contributed by atoms with E-state index >= 15 is 0 Å². The summed E-state index contributed by atoms with van der Waals surface area (Å²) < 4.78 is 0. The van der Waals surface area contributed by atoms with E-state index in [2.05, 4.69) is 37.9 Å². The molecule has 118 valence electrons. The molecule has 0 radical (unpaired) electrons. The molecular formula is C18H36N2. The Bertz CT molecular complexity index is 279. The van der Waals surface area contributed by atoms with E-state index in [1.54, 1.807) is 0 Å². The Balaban J connectivity index is 2.13. The molecule has 1 N–H and O–H groups in total. The maximum atomic E-state index is 3.99. The van der Waals surface area contributed by atoms with Gasteiger partial charge in [-0.3, -0.25) is 4.90 Å². The van der Waals surface area contributed by atoms with Crippen LogP contribution in [-0.2, 0) is 0 Å². The Kier molecular flexibility index (Phi) is 5.92. The summed E-state index contributed by atoms with van der Waals surface area (Å²) >= 11 is 0. The number of hydrogen-bond donors (Lipinski definition) is 1. The standard InChI is InChI=1S/C18H36N2/c1-5-15(4)17-13-19-18(11-9-8-10-12-18)14-20(17)16(6-2)7-3/h15-17,19H,5-14H2,1-4H3. The lowest BCUT2D eigenvalue weighted by Gasteiger charge is -2.53. The van der Waals surface area contributed by atoms with Crippen molar-refractivity contribution in [2.75, 3.05) is 13.1 Å². The van der Waals surface area contributed by atoms with Gasteiger partial charge in [-0.15, -0.1) is 0 Å². The summed E-state index contributed by atoms with van der Waals surface area (Å²) in [6.07, 6.45) is 11.0. The topological polar surface area (TPSA) is 15.3 Å². The first-order valence-electron chi connectivity index (χ1n) is 9.16. The van der Waals surface area contributed by atoms with Crippen LogP contribution in [0.25, 0.3) is 0 Å². The van der Waals surface area contributed by atoms with E-state index in [1.165, 1.54) is 64.5 Å². The average molecular weight is 280 g/mol. The molecule has 0 aromatic rings. The molecule has 2 heteroatoms. The predicted molar refractivity (Wildman–Crippen MR) is 88.1 cm³/mol. The fourth-order valence-electron chi connectivity index (χ4n) is 4.48. The molecule has 2 aliphatic rings. The zero-order chi connectivity index (χ0) is 14.6. The quantitative estimate of drug-likeness (QED) is 0.812. The Labute approximate surface area is 126 Å². The highest BCUT2D eigenvalue weighted by Gasteiger charge is 2.42. The van der Waals surface area contributed by atoms with Crippen LogP contribution in [0.3, 0.4) is 0 Å².